The number of hydrogen-bond donors (Lipinski definition) is 2. The van der Waals surface area contributed by atoms with Gasteiger partial charge >= 0.3 is 5.69 Å². The number of ether oxygens (including phenoxy) is 1. The Morgan fingerprint density at radius 2 is 1.90 bits per heavy atom. The van der Waals surface area contributed by atoms with E-state index in [1.54, 1.807) is 14.2 Å². The summed E-state index contributed by atoms with van der Waals surface area (Å²) in [5, 5.41) is 3.53. The maximum atomic E-state index is 12.6. The van der Waals surface area contributed by atoms with Crippen molar-refractivity contribution in [2.24, 2.45) is 7.05 Å². The molecule has 2 N–H and O–H groups in total. The summed E-state index contributed by atoms with van der Waals surface area (Å²) in [6, 6.07) is 8.24. The van der Waals surface area contributed by atoms with Crippen molar-refractivity contribution in [1.82, 2.24) is 19.1 Å². The summed E-state index contributed by atoms with van der Waals surface area (Å²) in [4.78, 5) is 31.7. The zero-order chi connectivity index (χ0) is 20.4. The van der Waals surface area contributed by atoms with Gasteiger partial charge in [0.2, 0.25) is 5.95 Å². The minimum Gasteiger partial charge on any atom is -0.497 e. The molecule has 0 unspecified atom stereocenters. The van der Waals surface area contributed by atoms with Crippen molar-refractivity contribution < 1.29 is 4.74 Å². The van der Waals surface area contributed by atoms with E-state index in [0.717, 1.165) is 30.6 Å². The number of imidazole rings is 1. The van der Waals surface area contributed by atoms with Crippen molar-refractivity contribution in [2.45, 2.75) is 51.1 Å². The van der Waals surface area contributed by atoms with Crippen molar-refractivity contribution in [3.05, 3.63) is 50.7 Å². The van der Waals surface area contributed by atoms with Gasteiger partial charge in [0.1, 0.15) is 5.75 Å². The Labute approximate surface area is 168 Å². The Bertz CT molecular complexity index is 1100. The molecule has 0 amide bonds. The molecule has 0 atom stereocenters. The van der Waals surface area contributed by atoms with Gasteiger partial charge < -0.3 is 14.6 Å². The third-order valence-corrected chi connectivity index (χ3v) is 5.73. The molecule has 0 aliphatic heterocycles. The van der Waals surface area contributed by atoms with Crippen molar-refractivity contribution in [1.29, 1.82) is 0 Å². The van der Waals surface area contributed by atoms with Gasteiger partial charge in [-0.1, -0.05) is 31.4 Å². The highest BCUT2D eigenvalue weighted by Crippen LogP contribution is 2.23. The maximum absolute atomic E-state index is 12.6. The van der Waals surface area contributed by atoms with Crippen LogP contribution in [0.1, 0.15) is 37.7 Å². The summed E-state index contributed by atoms with van der Waals surface area (Å²) in [6.07, 6.45) is 6.58. The SMILES string of the molecule is COc1ccc(CCn2c(NC3CCCCC3)nc3c2c(=O)[nH]c(=O)n3C)cc1. The number of hydrogen-bond acceptors (Lipinski definition) is 5. The van der Waals surface area contributed by atoms with Gasteiger partial charge in [0.05, 0.1) is 7.11 Å². The summed E-state index contributed by atoms with van der Waals surface area (Å²) in [7, 11) is 3.28. The lowest BCUT2D eigenvalue weighted by Gasteiger charge is -2.23. The van der Waals surface area contributed by atoms with Crippen molar-refractivity contribution in [3.63, 3.8) is 0 Å². The Hall–Kier alpha value is -3.03. The number of benzene rings is 1. The van der Waals surface area contributed by atoms with Gasteiger partial charge in [-0.2, -0.15) is 4.98 Å². The number of nitrogens with one attached hydrogen (secondary N) is 2. The molecular weight excluding hydrogens is 370 g/mol. The third kappa shape index (κ3) is 3.92. The number of aromatic nitrogens is 4. The fourth-order valence-electron chi connectivity index (χ4n) is 4.03. The second-order valence-corrected chi connectivity index (χ2v) is 7.65. The molecule has 1 saturated carbocycles. The van der Waals surface area contributed by atoms with Crippen molar-refractivity contribution in [2.75, 3.05) is 12.4 Å². The van der Waals surface area contributed by atoms with Crippen LogP contribution in [-0.4, -0.2) is 32.3 Å². The molecule has 154 valence electrons. The molecule has 0 bridgehead atoms. The van der Waals surface area contributed by atoms with Gasteiger partial charge in [-0.25, -0.2) is 4.79 Å². The van der Waals surface area contributed by atoms with Crippen LogP contribution in [0, 0.1) is 0 Å². The lowest BCUT2D eigenvalue weighted by Crippen LogP contribution is -2.29. The number of fused-ring (bicyclic) bond motifs is 1. The number of methoxy groups -OCH3 is 1. The fraction of sp³-hybridized carbons (Fsp3) is 0.476. The van der Waals surface area contributed by atoms with Crippen LogP contribution >= 0.6 is 0 Å². The molecule has 1 aliphatic rings. The molecule has 2 aromatic heterocycles. The number of anilines is 1. The van der Waals surface area contributed by atoms with Crippen molar-refractivity contribution >= 4 is 17.1 Å². The first-order chi connectivity index (χ1) is 14.1. The van der Waals surface area contributed by atoms with E-state index >= 15 is 0 Å². The van der Waals surface area contributed by atoms with E-state index in [-0.39, 0.29) is 0 Å². The van der Waals surface area contributed by atoms with E-state index in [4.69, 9.17) is 4.74 Å². The second kappa shape index (κ2) is 8.14. The first-order valence-corrected chi connectivity index (χ1v) is 10.2. The van der Waals surface area contributed by atoms with Crippen LogP contribution < -0.4 is 21.3 Å². The van der Waals surface area contributed by atoms with Crippen LogP contribution in [0.2, 0.25) is 0 Å². The summed E-state index contributed by atoms with van der Waals surface area (Å²) >= 11 is 0. The smallest absolute Gasteiger partial charge is 0.329 e. The van der Waals surface area contributed by atoms with E-state index in [1.165, 1.54) is 23.8 Å². The highest BCUT2D eigenvalue weighted by Gasteiger charge is 2.20. The first kappa shape index (κ1) is 19.3. The normalized spacial score (nSPS) is 15.0. The fourth-order valence-corrected chi connectivity index (χ4v) is 4.03. The molecule has 8 nitrogen and oxygen atoms in total. The van der Waals surface area contributed by atoms with Crippen LogP contribution in [0.3, 0.4) is 0 Å². The van der Waals surface area contributed by atoms with E-state index in [2.05, 4.69) is 15.3 Å². The van der Waals surface area contributed by atoms with Crippen molar-refractivity contribution in [3.8, 4) is 5.75 Å². The van der Waals surface area contributed by atoms with Gasteiger partial charge in [0.15, 0.2) is 11.2 Å². The quantitative estimate of drug-likeness (QED) is 0.666. The second-order valence-electron chi connectivity index (χ2n) is 7.65. The average Bonchev–Trinajstić information content (AvgIpc) is 3.10. The lowest BCUT2D eigenvalue weighted by molar-refractivity contribution is 0.414. The standard InChI is InChI=1S/C21H27N5O3/c1-25-18-17(19(27)24-21(25)28)26(13-12-14-8-10-16(29-2)11-9-14)20(23-18)22-15-6-4-3-5-7-15/h8-11,15H,3-7,12-13H2,1-2H3,(H,22,23)(H,24,27,28). The minimum absolute atomic E-state index is 0.344. The number of H-pyrrole nitrogens is 1. The van der Waals surface area contributed by atoms with Gasteiger partial charge in [-0.3, -0.25) is 14.3 Å². The molecule has 1 aliphatic carbocycles. The molecule has 0 saturated heterocycles. The molecule has 8 heteroatoms. The zero-order valence-electron chi connectivity index (χ0n) is 16.9. The van der Waals surface area contributed by atoms with Gasteiger partial charge in [0, 0.05) is 19.6 Å². The predicted octanol–water partition coefficient (Wildman–Crippen LogP) is 2.42. The first-order valence-electron chi connectivity index (χ1n) is 10.2. The molecule has 1 fully saturated rings. The van der Waals surface area contributed by atoms with E-state index < -0.39 is 11.2 Å². The molecule has 0 spiro atoms. The third-order valence-electron chi connectivity index (χ3n) is 5.73. The highest BCUT2D eigenvalue weighted by molar-refractivity contribution is 5.74. The Morgan fingerprint density at radius 3 is 2.59 bits per heavy atom. The monoisotopic (exact) mass is 397 g/mol. The molecule has 3 aromatic rings. The predicted molar refractivity (Wildman–Crippen MR) is 113 cm³/mol. The average molecular weight is 397 g/mol. The largest absolute Gasteiger partial charge is 0.497 e. The van der Waals surface area contributed by atoms with Crippen LogP contribution in [-0.2, 0) is 20.0 Å². The molecule has 29 heavy (non-hydrogen) atoms. The number of nitrogens with zero attached hydrogens (tertiary/aromatic N) is 3. The van der Waals surface area contributed by atoms with Gasteiger partial charge in [-0.05, 0) is 37.0 Å². The number of aryl methyl sites for hydroxylation is 3. The Morgan fingerprint density at radius 1 is 1.17 bits per heavy atom. The van der Waals surface area contributed by atoms with Crippen LogP contribution in [0.4, 0.5) is 5.95 Å². The summed E-state index contributed by atoms with van der Waals surface area (Å²) in [5.74, 6) is 1.47. The highest BCUT2D eigenvalue weighted by atomic mass is 16.5. The van der Waals surface area contributed by atoms with Crippen LogP contribution in [0.5, 0.6) is 5.75 Å². The van der Waals surface area contributed by atoms with E-state index in [1.807, 2.05) is 28.8 Å². The summed E-state index contributed by atoms with van der Waals surface area (Å²) < 4.78 is 8.52. The Balaban J connectivity index is 1.70. The molecule has 4 rings (SSSR count). The summed E-state index contributed by atoms with van der Waals surface area (Å²) in [5.41, 5.74) is 1.12. The van der Waals surface area contributed by atoms with Crippen LogP contribution in [0.25, 0.3) is 11.2 Å². The van der Waals surface area contributed by atoms with E-state index in [9.17, 15) is 9.59 Å². The number of rotatable bonds is 6. The molecule has 2 heterocycles. The van der Waals surface area contributed by atoms with Gasteiger partial charge in [0.25, 0.3) is 5.56 Å². The summed E-state index contributed by atoms with van der Waals surface area (Å²) in [6.45, 7) is 0.583. The maximum Gasteiger partial charge on any atom is 0.329 e. The Kier molecular flexibility index (Phi) is 5.42. The van der Waals surface area contributed by atoms with Crippen LogP contribution in [0.15, 0.2) is 33.9 Å². The lowest BCUT2D eigenvalue weighted by atomic mass is 9.96. The molecule has 0 radical (unpaired) electrons. The molecular formula is C21H27N5O3. The molecule has 1 aromatic carbocycles. The van der Waals surface area contributed by atoms with E-state index in [0.29, 0.717) is 29.7 Å². The topological polar surface area (TPSA) is 93.9 Å². The minimum atomic E-state index is -0.452. The number of aromatic amines is 1. The zero-order valence-corrected chi connectivity index (χ0v) is 16.9. The van der Waals surface area contributed by atoms with Gasteiger partial charge in [-0.15, -0.1) is 0 Å².